The molecule has 5 rings (SSSR count). The fourth-order valence-electron chi connectivity index (χ4n) is 4.39. The van der Waals surface area contributed by atoms with Gasteiger partial charge in [-0.2, -0.15) is 0 Å². The molecule has 0 bridgehead atoms. The van der Waals surface area contributed by atoms with Crippen molar-refractivity contribution >= 4 is 33.0 Å². The first-order valence-electron chi connectivity index (χ1n) is 12.8. The fourth-order valence-corrected chi connectivity index (χ4v) is 6.55. The smallest absolute Gasteiger partial charge is 0.280 e. The van der Waals surface area contributed by atoms with Crippen LogP contribution in [-0.4, -0.2) is 58.7 Å². The molecule has 11 nitrogen and oxygen atoms in total. The first-order chi connectivity index (χ1) is 18.4. The van der Waals surface area contributed by atoms with Crippen molar-refractivity contribution in [3.8, 4) is 16.5 Å². The second kappa shape index (κ2) is 11.7. The average Bonchev–Trinajstić information content (AvgIpc) is 3.67. The van der Waals surface area contributed by atoms with Crippen molar-refractivity contribution in [1.29, 1.82) is 0 Å². The summed E-state index contributed by atoms with van der Waals surface area (Å²) in [5.41, 5.74) is 1.61. The Kier molecular flexibility index (Phi) is 8.15. The van der Waals surface area contributed by atoms with Gasteiger partial charge in [-0.15, -0.1) is 11.3 Å². The summed E-state index contributed by atoms with van der Waals surface area (Å²) < 4.78 is 33.0. The number of carbonyl (C=O) groups excluding carboxylic acids is 1. The summed E-state index contributed by atoms with van der Waals surface area (Å²) in [4.78, 5) is 31.4. The molecule has 2 fully saturated rings. The lowest BCUT2D eigenvalue weighted by molar-refractivity contribution is 0.0929. The molecule has 13 heteroatoms. The topological polar surface area (TPSA) is 148 Å². The highest BCUT2D eigenvalue weighted by molar-refractivity contribution is 7.93. The van der Waals surface area contributed by atoms with Gasteiger partial charge in [-0.1, -0.05) is 6.42 Å². The number of nitrogens with zero attached hydrogens (tertiary/aromatic N) is 4. The molecule has 1 aliphatic carbocycles. The monoisotopic (exact) mass is 557 g/mol. The Morgan fingerprint density at radius 2 is 2.08 bits per heavy atom. The van der Waals surface area contributed by atoms with E-state index >= 15 is 0 Å². The average molecular weight is 558 g/mol. The van der Waals surface area contributed by atoms with E-state index in [4.69, 9.17) is 4.74 Å². The van der Waals surface area contributed by atoms with E-state index in [0.717, 1.165) is 25.8 Å². The number of rotatable bonds is 11. The zero-order valence-corrected chi connectivity index (χ0v) is 22.7. The van der Waals surface area contributed by atoms with E-state index in [0.29, 0.717) is 53.7 Å². The minimum Gasteiger partial charge on any atom is -0.477 e. The number of ether oxygens (including phenoxy) is 1. The van der Waals surface area contributed by atoms with E-state index in [1.165, 1.54) is 17.5 Å². The normalized spacial score (nSPS) is 18.5. The molecule has 1 amide bonds. The number of piperidine rings is 1. The molecule has 0 unspecified atom stereocenters. The Bertz CT molecular complexity index is 1370. The van der Waals surface area contributed by atoms with Crippen molar-refractivity contribution in [2.24, 2.45) is 0 Å². The highest BCUT2D eigenvalue weighted by atomic mass is 32.2. The van der Waals surface area contributed by atoms with Crippen molar-refractivity contribution in [2.45, 2.75) is 62.8 Å². The number of hydrogen-bond acceptors (Lipinski definition) is 10. The Balaban J connectivity index is 1.35. The molecule has 1 saturated carbocycles. The van der Waals surface area contributed by atoms with Crippen molar-refractivity contribution in [2.75, 3.05) is 17.9 Å². The minimum atomic E-state index is -3.41. The van der Waals surface area contributed by atoms with Crippen LogP contribution in [0, 0.1) is 0 Å². The predicted octanol–water partition coefficient (Wildman–Crippen LogP) is 3.30. The molecule has 202 valence electrons. The van der Waals surface area contributed by atoms with Gasteiger partial charge < -0.3 is 15.4 Å². The summed E-state index contributed by atoms with van der Waals surface area (Å²) in [6.45, 7) is 3.27. The molecule has 0 radical (unpaired) electrons. The maximum atomic E-state index is 13.3. The molecule has 38 heavy (non-hydrogen) atoms. The Morgan fingerprint density at radius 3 is 2.84 bits per heavy atom. The summed E-state index contributed by atoms with van der Waals surface area (Å²) in [5.74, 6) is 0.0782. The zero-order chi connectivity index (χ0) is 26.5. The molecular weight excluding hydrogens is 526 g/mol. The summed E-state index contributed by atoms with van der Waals surface area (Å²) in [6.07, 6.45) is 11.5. The van der Waals surface area contributed by atoms with E-state index in [2.05, 4.69) is 35.3 Å². The molecule has 1 aliphatic heterocycles. The fraction of sp³-hybridized carbons (Fsp3) is 0.480. The van der Waals surface area contributed by atoms with Gasteiger partial charge in [0.25, 0.3) is 5.91 Å². The van der Waals surface area contributed by atoms with Crippen LogP contribution in [0.3, 0.4) is 0 Å². The van der Waals surface area contributed by atoms with Crippen LogP contribution in [0.4, 0.5) is 5.69 Å². The molecule has 0 spiro atoms. The number of anilines is 1. The van der Waals surface area contributed by atoms with Crippen LogP contribution >= 0.6 is 11.3 Å². The van der Waals surface area contributed by atoms with E-state index in [1.54, 1.807) is 30.7 Å². The summed E-state index contributed by atoms with van der Waals surface area (Å²) >= 11 is 1.22. The number of sulfonamides is 1. The van der Waals surface area contributed by atoms with Gasteiger partial charge >= 0.3 is 0 Å². The highest BCUT2D eigenvalue weighted by Gasteiger charge is 2.36. The number of amides is 1. The third-order valence-corrected chi connectivity index (χ3v) is 9.34. The van der Waals surface area contributed by atoms with Gasteiger partial charge in [0.1, 0.15) is 5.69 Å². The number of carbonyl (C=O) groups is 1. The largest absolute Gasteiger partial charge is 0.477 e. The van der Waals surface area contributed by atoms with Crippen molar-refractivity contribution in [1.82, 2.24) is 30.6 Å². The Hall–Kier alpha value is -3.16. The van der Waals surface area contributed by atoms with E-state index in [9.17, 15) is 13.2 Å². The molecule has 4 heterocycles. The minimum absolute atomic E-state index is 0.214. The second-order valence-electron chi connectivity index (χ2n) is 9.43. The molecule has 3 aromatic heterocycles. The maximum absolute atomic E-state index is 13.3. The lowest BCUT2D eigenvalue weighted by Gasteiger charge is -2.28. The van der Waals surface area contributed by atoms with Crippen LogP contribution in [0.5, 0.6) is 5.88 Å². The van der Waals surface area contributed by atoms with Gasteiger partial charge in [0.2, 0.25) is 15.9 Å². The number of nitrogens with one attached hydrogen (secondary N) is 3. The number of pyridine rings is 1. The van der Waals surface area contributed by atoms with Crippen LogP contribution in [0.2, 0.25) is 0 Å². The standard InChI is InChI=1S/C25H31N7O4S2/c1-2-36-23-15-26-13-21(30-23)22-14-29-25(37-22)24(33)31-20(11-16-5-3-4-9-27-16)19-12-17(8-10-28-19)32-38(34,35)18-6-7-18/h8,10,12-16,18,20,27H,2-7,9,11H2,1H3,(H,28,32)(H,31,33)/t16-,20-/m0/s1. The van der Waals surface area contributed by atoms with Gasteiger partial charge in [-0.3, -0.25) is 19.5 Å². The summed E-state index contributed by atoms with van der Waals surface area (Å²) in [6, 6.07) is 3.12. The number of hydrogen-bond donors (Lipinski definition) is 3. The van der Waals surface area contributed by atoms with Gasteiger partial charge in [0, 0.05) is 18.4 Å². The molecule has 1 saturated heterocycles. The van der Waals surface area contributed by atoms with E-state index < -0.39 is 16.1 Å². The number of aromatic nitrogens is 4. The summed E-state index contributed by atoms with van der Waals surface area (Å²) in [7, 11) is -3.41. The van der Waals surface area contributed by atoms with Crippen molar-refractivity contribution in [3.63, 3.8) is 0 Å². The van der Waals surface area contributed by atoms with Crippen LogP contribution in [-0.2, 0) is 10.0 Å². The molecule has 3 aromatic rings. The lowest BCUT2D eigenvalue weighted by atomic mass is 9.96. The van der Waals surface area contributed by atoms with Crippen LogP contribution < -0.4 is 20.1 Å². The van der Waals surface area contributed by atoms with Crippen molar-refractivity contribution in [3.05, 3.63) is 47.6 Å². The van der Waals surface area contributed by atoms with Gasteiger partial charge in [0.15, 0.2) is 5.01 Å². The SMILES string of the molecule is CCOc1cncc(-c2cnc(C(=O)N[C@@H](C[C@@H]3CCCCN3)c3cc(NS(=O)(=O)C4CC4)ccn3)s2)n1. The quantitative estimate of drug-likeness (QED) is 0.323. The van der Waals surface area contributed by atoms with E-state index in [-0.39, 0.29) is 22.2 Å². The van der Waals surface area contributed by atoms with Crippen molar-refractivity contribution < 1.29 is 17.9 Å². The highest BCUT2D eigenvalue weighted by Crippen LogP contribution is 2.31. The van der Waals surface area contributed by atoms with E-state index in [1.807, 2.05) is 6.92 Å². The second-order valence-corrected chi connectivity index (χ2v) is 12.4. The molecular formula is C25H31N7O4S2. The molecule has 2 aliphatic rings. The third-order valence-electron chi connectivity index (χ3n) is 6.46. The first kappa shape index (κ1) is 26.4. The first-order valence-corrected chi connectivity index (χ1v) is 15.2. The van der Waals surface area contributed by atoms with Gasteiger partial charge in [0.05, 0.1) is 46.6 Å². The number of thiazole rings is 1. The molecule has 2 atom stereocenters. The predicted molar refractivity (Wildman–Crippen MR) is 145 cm³/mol. The molecule has 3 N–H and O–H groups in total. The third kappa shape index (κ3) is 6.63. The Labute approximate surface area is 225 Å². The van der Waals surface area contributed by atoms with Crippen LogP contribution in [0.1, 0.15) is 67.0 Å². The maximum Gasteiger partial charge on any atom is 0.280 e. The lowest BCUT2D eigenvalue weighted by Crippen LogP contribution is -2.39. The Morgan fingerprint density at radius 1 is 1.21 bits per heavy atom. The molecule has 0 aromatic carbocycles. The van der Waals surface area contributed by atoms with Gasteiger partial charge in [-0.05, 0) is 57.7 Å². The summed E-state index contributed by atoms with van der Waals surface area (Å²) in [5, 5.41) is 6.56. The van der Waals surface area contributed by atoms with Crippen LogP contribution in [0.25, 0.3) is 10.6 Å². The van der Waals surface area contributed by atoms with Gasteiger partial charge in [-0.25, -0.2) is 18.4 Å². The van der Waals surface area contributed by atoms with Crippen LogP contribution in [0.15, 0.2) is 36.9 Å². The zero-order valence-electron chi connectivity index (χ0n) is 21.1.